The van der Waals surface area contributed by atoms with E-state index in [1.165, 1.54) is 12.4 Å². The minimum atomic E-state index is -0.391. The Bertz CT molecular complexity index is 1300. The fraction of sp³-hybridized carbons (Fsp3) is 0.263. The van der Waals surface area contributed by atoms with Gasteiger partial charge in [-0.1, -0.05) is 0 Å². The highest BCUT2D eigenvalue weighted by molar-refractivity contribution is 14.1. The summed E-state index contributed by atoms with van der Waals surface area (Å²) >= 11 is 2.12. The van der Waals surface area contributed by atoms with Gasteiger partial charge in [0.2, 0.25) is 0 Å². The minimum Gasteiger partial charge on any atom is -0.383 e. The molecule has 1 fully saturated rings. The van der Waals surface area contributed by atoms with E-state index in [4.69, 9.17) is 10.7 Å². The second-order valence-electron chi connectivity index (χ2n) is 7.20. The third-order valence-electron chi connectivity index (χ3n) is 5.34. The number of benzene rings is 1. The van der Waals surface area contributed by atoms with Crippen molar-refractivity contribution >= 4 is 61.9 Å². The van der Waals surface area contributed by atoms with Crippen LogP contribution in [0, 0.1) is 13.8 Å². The molecule has 4 aromatic rings. The number of nitro benzene ring substituents is 1. The lowest BCUT2D eigenvalue weighted by atomic mass is 10.1. The van der Waals surface area contributed by atoms with Gasteiger partial charge in [-0.3, -0.25) is 10.1 Å². The summed E-state index contributed by atoms with van der Waals surface area (Å²) < 4.78 is 2.47. The van der Waals surface area contributed by atoms with Gasteiger partial charge >= 0.3 is 0 Å². The molecule has 5 rings (SSSR count). The Hall–Kier alpha value is -3.09. The van der Waals surface area contributed by atoms with Gasteiger partial charge in [0.15, 0.2) is 5.65 Å². The molecule has 152 valence electrons. The molecule has 0 aliphatic carbocycles. The van der Waals surface area contributed by atoms with Crippen molar-refractivity contribution < 1.29 is 4.92 Å². The zero-order valence-corrected chi connectivity index (χ0v) is 18.0. The maximum atomic E-state index is 11.3. The van der Waals surface area contributed by atoms with E-state index >= 15 is 0 Å². The number of nitrogens with two attached hydrogens (primary N) is 1. The predicted molar refractivity (Wildman–Crippen MR) is 121 cm³/mol. The molecular weight excluding hydrogens is 499 g/mol. The molecule has 0 atom stereocenters. The molecule has 3 aromatic heterocycles. The van der Waals surface area contributed by atoms with Crippen LogP contribution in [0.3, 0.4) is 0 Å². The van der Waals surface area contributed by atoms with Crippen molar-refractivity contribution in [1.82, 2.24) is 24.7 Å². The Kier molecular flexibility index (Phi) is 4.60. The number of nitro groups is 1. The molecule has 10 nitrogen and oxygen atoms in total. The van der Waals surface area contributed by atoms with Crippen molar-refractivity contribution in [1.29, 1.82) is 0 Å². The number of hydrogen-bond donors (Lipinski definition) is 1. The van der Waals surface area contributed by atoms with Crippen LogP contribution in [0.2, 0.25) is 0 Å². The molecule has 0 saturated carbocycles. The van der Waals surface area contributed by atoms with Crippen molar-refractivity contribution in [2.45, 2.75) is 19.4 Å². The van der Waals surface area contributed by atoms with Gasteiger partial charge in [-0.15, -0.1) is 0 Å². The fourth-order valence-electron chi connectivity index (χ4n) is 3.88. The van der Waals surface area contributed by atoms with E-state index in [-0.39, 0.29) is 5.69 Å². The molecule has 2 N–H and O–H groups in total. The maximum Gasteiger partial charge on any atom is 0.270 e. The molecule has 30 heavy (non-hydrogen) atoms. The first-order valence-electron chi connectivity index (χ1n) is 9.47. The molecule has 0 bridgehead atoms. The van der Waals surface area contributed by atoms with Crippen LogP contribution in [0.25, 0.3) is 21.9 Å². The van der Waals surface area contributed by atoms with E-state index in [1.807, 2.05) is 6.07 Å². The molecule has 1 aliphatic rings. The summed E-state index contributed by atoms with van der Waals surface area (Å²) in [6.45, 7) is 2.30. The van der Waals surface area contributed by atoms with Crippen molar-refractivity contribution in [3.63, 3.8) is 0 Å². The third-order valence-corrected chi connectivity index (χ3v) is 6.10. The van der Waals surface area contributed by atoms with Gasteiger partial charge in [-0.2, -0.15) is 5.10 Å². The first-order chi connectivity index (χ1) is 14.5. The van der Waals surface area contributed by atoms with E-state index in [0.717, 1.165) is 48.2 Å². The number of non-ortho nitro benzene ring substituents is 1. The molecule has 1 aromatic carbocycles. The zero-order chi connectivity index (χ0) is 20.8. The molecule has 0 spiro atoms. The number of pyridine rings is 1. The van der Waals surface area contributed by atoms with Crippen LogP contribution in [-0.4, -0.2) is 42.7 Å². The van der Waals surface area contributed by atoms with E-state index in [9.17, 15) is 10.1 Å². The lowest BCUT2D eigenvalue weighted by molar-refractivity contribution is -0.384. The van der Waals surface area contributed by atoms with Crippen LogP contribution in [-0.2, 0) is 6.54 Å². The van der Waals surface area contributed by atoms with Crippen LogP contribution in [0.1, 0.15) is 18.4 Å². The van der Waals surface area contributed by atoms with Crippen LogP contribution >= 0.6 is 22.6 Å². The first kappa shape index (κ1) is 18.9. The number of anilines is 2. The normalized spacial score (nSPS) is 14.1. The van der Waals surface area contributed by atoms with E-state index in [1.54, 1.807) is 16.8 Å². The molecule has 0 amide bonds. The van der Waals surface area contributed by atoms with Crippen molar-refractivity contribution in [3.05, 3.63) is 50.0 Å². The van der Waals surface area contributed by atoms with Gasteiger partial charge in [0, 0.05) is 30.6 Å². The number of rotatable bonds is 4. The summed E-state index contributed by atoms with van der Waals surface area (Å²) in [6, 6.07) is 6.78. The Labute approximate surface area is 184 Å². The molecule has 11 heteroatoms. The van der Waals surface area contributed by atoms with E-state index in [2.05, 4.69) is 42.6 Å². The van der Waals surface area contributed by atoms with Crippen LogP contribution in [0.15, 0.2) is 30.6 Å². The van der Waals surface area contributed by atoms with Gasteiger partial charge in [0.25, 0.3) is 5.69 Å². The molecule has 0 radical (unpaired) electrons. The predicted octanol–water partition coefficient (Wildman–Crippen LogP) is 3.12. The topological polar surface area (TPSA) is 129 Å². The quantitative estimate of drug-likeness (QED) is 0.249. The smallest absolute Gasteiger partial charge is 0.270 e. The van der Waals surface area contributed by atoms with Crippen LogP contribution < -0.4 is 10.6 Å². The number of fused-ring (bicyclic) bond motifs is 2. The standard InChI is InChI=1S/C19H17IN8O2/c20-17-16-18(21)22-10-23-19(16)27(25-17)9-11-7-15(26-5-1-2-6-26)24-14-4-3-12(28(29)30)8-13(11)14/h3-4,7-8,10H,1-2,5-6,9H2,(H2,21,22,23). The zero-order valence-electron chi connectivity index (χ0n) is 15.8. The second-order valence-corrected chi connectivity index (χ2v) is 8.22. The molecule has 0 unspecified atom stereocenters. The third kappa shape index (κ3) is 3.18. The summed E-state index contributed by atoms with van der Waals surface area (Å²) in [5, 5.41) is 17.4. The highest BCUT2D eigenvalue weighted by atomic mass is 127. The average Bonchev–Trinajstić information content (AvgIpc) is 3.37. The Morgan fingerprint density at radius 1 is 1.20 bits per heavy atom. The molecule has 4 heterocycles. The number of nitrogens with zero attached hydrogens (tertiary/aromatic N) is 7. The van der Waals surface area contributed by atoms with Crippen LogP contribution in [0.4, 0.5) is 17.3 Å². The van der Waals surface area contributed by atoms with E-state index < -0.39 is 4.92 Å². The highest BCUT2D eigenvalue weighted by Gasteiger charge is 2.20. The summed E-state index contributed by atoms with van der Waals surface area (Å²) in [6.07, 6.45) is 3.68. The number of nitrogen functional groups attached to an aromatic ring is 1. The largest absolute Gasteiger partial charge is 0.383 e. The maximum absolute atomic E-state index is 11.3. The van der Waals surface area contributed by atoms with Crippen LogP contribution in [0.5, 0.6) is 0 Å². The number of aromatic nitrogens is 5. The molecular formula is C19H17IN8O2. The molecule has 1 saturated heterocycles. The Morgan fingerprint density at radius 3 is 2.77 bits per heavy atom. The lowest BCUT2D eigenvalue weighted by Gasteiger charge is -2.19. The Morgan fingerprint density at radius 2 is 2.00 bits per heavy atom. The van der Waals surface area contributed by atoms with Crippen molar-refractivity contribution in [3.8, 4) is 0 Å². The monoisotopic (exact) mass is 516 g/mol. The second kappa shape index (κ2) is 7.31. The highest BCUT2D eigenvalue weighted by Crippen LogP contribution is 2.30. The Balaban J connectivity index is 1.69. The fourth-order valence-corrected chi connectivity index (χ4v) is 4.66. The first-order valence-corrected chi connectivity index (χ1v) is 10.5. The summed E-state index contributed by atoms with van der Waals surface area (Å²) in [5.41, 5.74) is 8.29. The number of hydrogen-bond acceptors (Lipinski definition) is 8. The molecule has 1 aliphatic heterocycles. The van der Waals surface area contributed by atoms with Crippen molar-refractivity contribution in [2.75, 3.05) is 23.7 Å². The van der Waals surface area contributed by atoms with Gasteiger partial charge in [0.05, 0.1) is 22.4 Å². The van der Waals surface area contributed by atoms with Gasteiger partial charge < -0.3 is 10.6 Å². The average molecular weight is 516 g/mol. The summed E-state index contributed by atoms with van der Waals surface area (Å²) in [4.78, 5) is 26.4. The van der Waals surface area contributed by atoms with E-state index in [0.29, 0.717) is 27.1 Å². The minimum absolute atomic E-state index is 0.0333. The lowest BCUT2D eigenvalue weighted by Crippen LogP contribution is -2.19. The van der Waals surface area contributed by atoms with Gasteiger partial charge in [0.1, 0.15) is 21.7 Å². The van der Waals surface area contributed by atoms with Gasteiger partial charge in [-0.05, 0) is 53.1 Å². The van der Waals surface area contributed by atoms with Gasteiger partial charge in [-0.25, -0.2) is 19.6 Å². The van der Waals surface area contributed by atoms with Crippen molar-refractivity contribution in [2.24, 2.45) is 0 Å². The number of halogens is 1. The summed E-state index contributed by atoms with van der Waals surface area (Å²) in [7, 11) is 0. The summed E-state index contributed by atoms with van der Waals surface area (Å²) in [5.74, 6) is 1.26. The SMILES string of the molecule is Nc1ncnc2c1c(I)nn2Cc1cc(N2CCCC2)nc2ccc([N+](=O)[O-])cc12.